The van der Waals surface area contributed by atoms with Gasteiger partial charge >= 0.3 is 6.18 Å². The molecule has 37 heavy (non-hydrogen) atoms. The Balaban J connectivity index is 1.38. The number of fused-ring (bicyclic) bond motifs is 4. The fourth-order valence-electron chi connectivity index (χ4n) is 5.51. The molecule has 1 saturated heterocycles. The van der Waals surface area contributed by atoms with Gasteiger partial charge in [0, 0.05) is 36.3 Å². The molecule has 11 heteroatoms. The highest BCUT2D eigenvalue weighted by molar-refractivity contribution is 5.96. The van der Waals surface area contributed by atoms with E-state index < -0.39 is 29.5 Å². The molecular formula is C26H27F3N4O4. The smallest absolute Gasteiger partial charge is 0.420 e. The van der Waals surface area contributed by atoms with Crippen molar-refractivity contribution < 1.29 is 31.9 Å². The number of nitrogens with one attached hydrogen (secondary N) is 1. The Morgan fingerprint density at radius 2 is 2.11 bits per heavy atom. The summed E-state index contributed by atoms with van der Waals surface area (Å²) in [4.78, 5) is 17.4. The highest BCUT2D eigenvalue weighted by atomic mass is 19.4. The SMILES string of the molecule is Cc1ccc(Cn2cc3c(n2)-c2c(oc(C(=O)NC[C@@H]4COCCO4)c2C(F)(F)F)CC32CCC2)nc1. The lowest BCUT2D eigenvalue weighted by Crippen LogP contribution is -2.40. The fourth-order valence-corrected chi connectivity index (χ4v) is 5.51. The number of pyridine rings is 1. The highest BCUT2D eigenvalue weighted by Gasteiger charge is 2.52. The predicted molar refractivity (Wildman–Crippen MR) is 125 cm³/mol. The molecule has 6 rings (SSSR count). The molecule has 1 atom stereocenters. The highest BCUT2D eigenvalue weighted by Crippen LogP contribution is 2.56. The van der Waals surface area contributed by atoms with Gasteiger partial charge in [-0.1, -0.05) is 12.5 Å². The third-order valence-corrected chi connectivity index (χ3v) is 7.52. The molecule has 0 unspecified atom stereocenters. The molecule has 3 aromatic rings. The summed E-state index contributed by atoms with van der Waals surface area (Å²) in [5, 5.41) is 7.14. The summed E-state index contributed by atoms with van der Waals surface area (Å²) >= 11 is 0. The maximum Gasteiger partial charge on any atom is 0.420 e. The Morgan fingerprint density at radius 1 is 1.27 bits per heavy atom. The van der Waals surface area contributed by atoms with Crippen molar-refractivity contribution in [1.82, 2.24) is 20.1 Å². The normalized spacial score (nSPS) is 20.3. The number of ether oxygens (including phenoxy) is 2. The van der Waals surface area contributed by atoms with Crippen molar-refractivity contribution in [3.05, 3.63) is 58.4 Å². The van der Waals surface area contributed by atoms with E-state index in [1.165, 1.54) is 0 Å². The number of carbonyl (C=O) groups is 1. The molecule has 1 saturated carbocycles. The van der Waals surface area contributed by atoms with Crippen LogP contribution in [0.1, 0.15) is 58.0 Å². The first-order valence-electron chi connectivity index (χ1n) is 12.4. The molecule has 2 fully saturated rings. The van der Waals surface area contributed by atoms with Crippen molar-refractivity contribution in [3.8, 4) is 11.3 Å². The Kier molecular flexibility index (Phi) is 5.87. The molecule has 1 aliphatic heterocycles. The zero-order valence-electron chi connectivity index (χ0n) is 20.4. The van der Waals surface area contributed by atoms with Crippen LogP contribution in [0.3, 0.4) is 0 Å². The minimum atomic E-state index is -4.81. The van der Waals surface area contributed by atoms with Gasteiger partial charge in [0.05, 0.1) is 43.7 Å². The molecule has 1 amide bonds. The molecule has 3 aliphatic rings. The minimum absolute atomic E-state index is 0.0227. The number of amides is 1. The van der Waals surface area contributed by atoms with Gasteiger partial charge in [-0.2, -0.15) is 18.3 Å². The molecule has 3 aromatic heterocycles. The monoisotopic (exact) mass is 516 g/mol. The Labute approximate surface area is 211 Å². The number of aromatic nitrogens is 3. The summed E-state index contributed by atoms with van der Waals surface area (Å²) in [6.45, 7) is 3.37. The van der Waals surface area contributed by atoms with Crippen LogP contribution < -0.4 is 5.32 Å². The van der Waals surface area contributed by atoms with Crippen molar-refractivity contribution in [2.45, 2.75) is 56.8 Å². The van der Waals surface area contributed by atoms with E-state index in [-0.39, 0.29) is 35.6 Å². The average molecular weight is 517 g/mol. The zero-order valence-corrected chi connectivity index (χ0v) is 20.4. The number of furan rings is 1. The number of aryl methyl sites for hydroxylation is 1. The third kappa shape index (κ3) is 4.33. The molecule has 1 spiro atoms. The van der Waals surface area contributed by atoms with Crippen LogP contribution in [-0.4, -0.2) is 53.1 Å². The lowest BCUT2D eigenvalue weighted by atomic mass is 9.59. The number of hydrogen-bond acceptors (Lipinski definition) is 6. The van der Waals surface area contributed by atoms with Gasteiger partial charge in [-0.15, -0.1) is 0 Å². The van der Waals surface area contributed by atoms with Gasteiger partial charge in [0.1, 0.15) is 17.0 Å². The number of rotatable bonds is 5. The number of nitrogens with zero attached hydrogens (tertiary/aromatic N) is 3. The maximum atomic E-state index is 14.5. The van der Waals surface area contributed by atoms with Gasteiger partial charge in [-0.25, -0.2) is 0 Å². The van der Waals surface area contributed by atoms with Crippen LogP contribution in [0, 0.1) is 6.92 Å². The fraction of sp³-hybridized carbons (Fsp3) is 0.500. The van der Waals surface area contributed by atoms with Crippen LogP contribution in [0.25, 0.3) is 11.3 Å². The summed E-state index contributed by atoms with van der Waals surface area (Å²) in [5.74, 6) is -1.49. The number of carbonyl (C=O) groups excluding carboxylic acids is 1. The van der Waals surface area contributed by atoms with E-state index in [2.05, 4.69) is 15.4 Å². The summed E-state index contributed by atoms with van der Waals surface area (Å²) in [6.07, 6.45) is 1.30. The topological polar surface area (TPSA) is 91.4 Å². The van der Waals surface area contributed by atoms with E-state index in [4.69, 9.17) is 13.9 Å². The van der Waals surface area contributed by atoms with Crippen LogP contribution in [0.4, 0.5) is 13.2 Å². The van der Waals surface area contributed by atoms with E-state index in [0.29, 0.717) is 26.2 Å². The second kappa shape index (κ2) is 8.98. The van der Waals surface area contributed by atoms with E-state index in [9.17, 15) is 18.0 Å². The van der Waals surface area contributed by atoms with E-state index >= 15 is 0 Å². The number of halogens is 3. The molecule has 0 bridgehead atoms. The summed E-state index contributed by atoms with van der Waals surface area (Å²) in [6, 6.07) is 3.81. The van der Waals surface area contributed by atoms with Crippen molar-refractivity contribution in [1.29, 1.82) is 0 Å². The van der Waals surface area contributed by atoms with Crippen LogP contribution >= 0.6 is 0 Å². The largest absolute Gasteiger partial charge is 0.454 e. The Morgan fingerprint density at radius 3 is 2.76 bits per heavy atom. The molecule has 0 aromatic carbocycles. The first-order valence-corrected chi connectivity index (χ1v) is 12.4. The lowest BCUT2D eigenvalue weighted by molar-refractivity contribution is -0.137. The predicted octanol–water partition coefficient (Wildman–Crippen LogP) is 4.04. The number of hydrogen-bond donors (Lipinski definition) is 1. The van der Waals surface area contributed by atoms with Crippen molar-refractivity contribution in [2.75, 3.05) is 26.4 Å². The maximum absolute atomic E-state index is 14.5. The molecule has 2 aliphatic carbocycles. The quantitative estimate of drug-likeness (QED) is 0.551. The molecule has 8 nitrogen and oxygen atoms in total. The molecule has 0 radical (unpaired) electrons. The van der Waals surface area contributed by atoms with Gasteiger partial charge in [0.2, 0.25) is 5.76 Å². The van der Waals surface area contributed by atoms with Gasteiger partial charge in [0.25, 0.3) is 5.91 Å². The molecule has 1 N–H and O–H groups in total. The molecule has 196 valence electrons. The first-order chi connectivity index (χ1) is 17.7. The third-order valence-electron chi connectivity index (χ3n) is 7.52. The summed E-state index contributed by atoms with van der Waals surface area (Å²) < 4.78 is 61.6. The van der Waals surface area contributed by atoms with E-state index in [1.807, 2.05) is 25.3 Å². The van der Waals surface area contributed by atoms with Gasteiger partial charge in [-0.3, -0.25) is 14.5 Å². The van der Waals surface area contributed by atoms with Crippen LogP contribution in [0.5, 0.6) is 0 Å². The summed E-state index contributed by atoms with van der Waals surface area (Å²) in [5.41, 5.74) is 1.27. The Hall–Kier alpha value is -3.18. The van der Waals surface area contributed by atoms with E-state index in [1.54, 1.807) is 10.9 Å². The van der Waals surface area contributed by atoms with Crippen molar-refractivity contribution in [2.24, 2.45) is 0 Å². The Bertz CT molecular complexity index is 1320. The van der Waals surface area contributed by atoms with Crippen LogP contribution in [0.2, 0.25) is 0 Å². The van der Waals surface area contributed by atoms with Gasteiger partial charge in [-0.05, 0) is 31.4 Å². The van der Waals surface area contributed by atoms with Crippen LogP contribution in [0.15, 0.2) is 28.9 Å². The van der Waals surface area contributed by atoms with Crippen molar-refractivity contribution >= 4 is 5.91 Å². The van der Waals surface area contributed by atoms with E-state index in [0.717, 1.165) is 36.1 Å². The number of alkyl halides is 3. The minimum Gasteiger partial charge on any atom is -0.454 e. The molecular weight excluding hydrogens is 489 g/mol. The lowest BCUT2D eigenvalue weighted by Gasteiger charge is -2.43. The zero-order chi connectivity index (χ0) is 25.8. The average Bonchev–Trinajstić information content (AvgIpc) is 3.44. The second-order valence-corrected chi connectivity index (χ2v) is 10.1. The van der Waals surface area contributed by atoms with Gasteiger partial charge in [0.15, 0.2) is 0 Å². The standard InChI is InChI=1S/C26H27F3N4O4/c1-15-3-4-16(30-10-15)12-33-13-18-22(32-33)20-19(9-25(18)5-2-6-25)37-23(21(20)26(27,28)29)24(34)31-11-17-14-35-7-8-36-17/h3-4,10,13,17H,2,5-9,11-12,14H2,1H3,(H,31,34)/t17-/m1/s1. The van der Waals surface area contributed by atoms with Crippen LogP contribution in [-0.2, 0) is 34.0 Å². The molecule has 4 heterocycles. The first kappa shape index (κ1) is 24.2. The second-order valence-electron chi connectivity index (χ2n) is 10.1. The van der Waals surface area contributed by atoms with Gasteiger partial charge < -0.3 is 19.2 Å². The summed E-state index contributed by atoms with van der Waals surface area (Å²) in [7, 11) is 0. The van der Waals surface area contributed by atoms with Crippen molar-refractivity contribution in [3.63, 3.8) is 0 Å².